The predicted molar refractivity (Wildman–Crippen MR) is 69.7 cm³/mol. The highest BCUT2D eigenvalue weighted by molar-refractivity contribution is 7.92. The summed E-state index contributed by atoms with van der Waals surface area (Å²) < 4.78 is 33.9. The van der Waals surface area contributed by atoms with E-state index in [-0.39, 0.29) is 4.90 Å². The molecule has 0 saturated heterocycles. The number of aromatic nitrogens is 2. The Hall–Kier alpha value is -2.02. The minimum absolute atomic E-state index is 0.234. The summed E-state index contributed by atoms with van der Waals surface area (Å²) in [5, 5.41) is 3.92. The first-order valence-electron chi connectivity index (χ1n) is 5.83. The van der Waals surface area contributed by atoms with Crippen LogP contribution in [0.1, 0.15) is 5.56 Å². The van der Waals surface area contributed by atoms with E-state index in [0.717, 1.165) is 17.7 Å². The molecular weight excluding hydrogens is 266 g/mol. The second-order valence-corrected chi connectivity index (χ2v) is 6.00. The molecule has 0 saturated carbocycles. The van der Waals surface area contributed by atoms with Crippen LogP contribution in [0.25, 0.3) is 0 Å². The molecule has 7 heteroatoms. The van der Waals surface area contributed by atoms with Crippen molar-refractivity contribution in [3.05, 3.63) is 36.0 Å². The summed E-state index contributed by atoms with van der Waals surface area (Å²) in [7, 11) is -1.92. The topological polar surface area (TPSA) is 73.2 Å². The predicted octanol–water partition coefficient (Wildman–Crippen LogP) is 1.16. The highest BCUT2D eigenvalue weighted by Crippen LogP contribution is 2.28. The van der Waals surface area contributed by atoms with Crippen molar-refractivity contribution in [2.24, 2.45) is 7.05 Å². The van der Waals surface area contributed by atoms with Gasteiger partial charge in [0.05, 0.1) is 17.7 Å². The first-order valence-corrected chi connectivity index (χ1v) is 7.31. The van der Waals surface area contributed by atoms with Crippen LogP contribution in [0.15, 0.2) is 35.4 Å². The number of hydrogen-bond donors (Lipinski definition) is 1. The van der Waals surface area contributed by atoms with E-state index in [1.165, 1.54) is 10.9 Å². The fourth-order valence-electron chi connectivity index (χ4n) is 2.00. The van der Waals surface area contributed by atoms with Crippen molar-refractivity contribution in [1.29, 1.82) is 0 Å². The summed E-state index contributed by atoms with van der Waals surface area (Å²) in [4.78, 5) is 0.234. The number of rotatable bonds is 3. The monoisotopic (exact) mass is 279 g/mol. The Kier molecular flexibility index (Phi) is 2.70. The van der Waals surface area contributed by atoms with Crippen LogP contribution in [0.3, 0.4) is 0 Å². The van der Waals surface area contributed by atoms with Gasteiger partial charge in [-0.1, -0.05) is 0 Å². The maximum absolute atomic E-state index is 12.3. The van der Waals surface area contributed by atoms with E-state index in [2.05, 4.69) is 9.82 Å². The van der Waals surface area contributed by atoms with E-state index in [1.807, 2.05) is 0 Å². The zero-order chi connectivity index (χ0) is 13.5. The molecule has 1 aromatic carbocycles. The number of benzene rings is 1. The molecule has 0 radical (unpaired) electrons. The summed E-state index contributed by atoms with van der Waals surface area (Å²) >= 11 is 0. The molecule has 0 bridgehead atoms. The van der Waals surface area contributed by atoms with Crippen LogP contribution in [-0.4, -0.2) is 24.8 Å². The minimum Gasteiger partial charge on any atom is -0.493 e. The van der Waals surface area contributed by atoms with Gasteiger partial charge in [-0.2, -0.15) is 5.10 Å². The highest BCUT2D eigenvalue weighted by Gasteiger charge is 2.20. The first-order chi connectivity index (χ1) is 9.06. The fourth-order valence-corrected chi connectivity index (χ4v) is 3.14. The number of nitrogens with one attached hydrogen (secondary N) is 1. The van der Waals surface area contributed by atoms with Crippen molar-refractivity contribution in [3.63, 3.8) is 0 Å². The fraction of sp³-hybridized carbons (Fsp3) is 0.250. The van der Waals surface area contributed by atoms with Gasteiger partial charge in [0, 0.05) is 19.5 Å². The Balaban J connectivity index is 1.94. The zero-order valence-electron chi connectivity index (χ0n) is 10.3. The number of fused-ring (bicyclic) bond motifs is 1. The average molecular weight is 279 g/mol. The quantitative estimate of drug-likeness (QED) is 0.915. The second-order valence-electron chi connectivity index (χ2n) is 4.31. The summed E-state index contributed by atoms with van der Waals surface area (Å²) in [6.45, 7) is 0.605. The maximum Gasteiger partial charge on any atom is 0.263 e. The number of hydrogen-bond acceptors (Lipinski definition) is 4. The second kappa shape index (κ2) is 4.27. The van der Waals surface area contributed by atoms with Gasteiger partial charge in [-0.25, -0.2) is 8.42 Å². The Morgan fingerprint density at radius 2 is 2.21 bits per heavy atom. The van der Waals surface area contributed by atoms with E-state index in [0.29, 0.717) is 12.4 Å². The van der Waals surface area contributed by atoms with Gasteiger partial charge in [-0.3, -0.25) is 9.40 Å². The number of anilines is 1. The molecule has 0 unspecified atom stereocenters. The molecule has 0 atom stereocenters. The molecule has 0 amide bonds. The Morgan fingerprint density at radius 3 is 2.95 bits per heavy atom. The zero-order valence-corrected chi connectivity index (χ0v) is 11.1. The number of nitrogens with zero attached hydrogens (tertiary/aromatic N) is 2. The molecule has 3 rings (SSSR count). The molecule has 6 nitrogen and oxygen atoms in total. The normalized spacial score (nSPS) is 13.9. The largest absolute Gasteiger partial charge is 0.493 e. The summed E-state index contributed by atoms with van der Waals surface area (Å²) in [6.07, 6.45) is 2.28. The minimum atomic E-state index is -3.59. The van der Waals surface area contributed by atoms with Crippen molar-refractivity contribution >= 4 is 15.8 Å². The van der Waals surface area contributed by atoms with Gasteiger partial charge >= 0.3 is 0 Å². The van der Waals surface area contributed by atoms with Gasteiger partial charge in [0.1, 0.15) is 11.6 Å². The van der Waals surface area contributed by atoms with Gasteiger partial charge in [-0.15, -0.1) is 0 Å². The van der Waals surface area contributed by atoms with Crippen molar-refractivity contribution in [1.82, 2.24) is 9.78 Å². The summed E-state index contributed by atoms with van der Waals surface area (Å²) in [5.74, 6) is 1.19. The third-order valence-corrected chi connectivity index (χ3v) is 4.38. The van der Waals surface area contributed by atoms with Gasteiger partial charge in [0.15, 0.2) is 0 Å². The van der Waals surface area contributed by atoms with Crippen molar-refractivity contribution in [2.45, 2.75) is 11.3 Å². The van der Waals surface area contributed by atoms with Gasteiger partial charge in [-0.05, 0) is 23.8 Å². The summed E-state index contributed by atoms with van der Waals surface area (Å²) in [6, 6.07) is 6.50. The maximum atomic E-state index is 12.3. The number of ether oxygens (including phenoxy) is 1. The van der Waals surface area contributed by atoms with Crippen LogP contribution >= 0.6 is 0 Å². The van der Waals surface area contributed by atoms with Gasteiger partial charge in [0.25, 0.3) is 10.0 Å². The van der Waals surface area contributed by atoms with Crippen LogP contribution in [0.2, 0.25) is 0 Å². The molecule has 2 heterocycles. The third kappa shape index (κ3) is 2.17. The molecule has 0 aliphatic carbocycles. The first kappa shape index (κ1) is 12.0. The number of sulfonamides is 1. The van der Waals surface area contributed by atoms with Crippen molar-refractivity contribution in [2.75, 3.05) is 11.3 Å². The lowest BCUT2D eigenvalue weighted by Crippen LogP contribution is -2.15. The average Bonchev–Trinajstić information content (AvgIpc) is 2.97. The van der Waals surface area contributed by atoms with Crippen LogP contribution in [0.5, 0.6) is 5.75 Å². The molecule has 1 aliphatic heterocycles. The van der Waals surface area contributed by atoms with E-state index in [9.17, 15) is 8.42 Å². The summed E-state index contributed by atoms with van der Waals surface area (Å²) in [5.41, 5.74) is 0.924. The lowest BCUT2D eigenvalue weighted by molar-refractivity contribution is 0.356. The molecule has 0 fully saturated rings. The van der Waals surface area contributed by atoms with E-state index in [1.54, 1.807) is 31.3 Å². The lowest BCUT2D eigenvalue weighted by atomic mass is 10.2. The molecule has 2 aromatic rings. The van der Waals surface area contributed by atoms with Crippen LogP contribution in [0, 0.1) is 0 Å². The van der Waals surface area contributed by atoms with E-state index in [4.69, 9.17) is 4.74 Å². The van der Waals surface area contributed by atoms with Gasteiger partial charge in [0.2, 0.25) is 0 Å². The molecule has 19 heavy (non-hydrogen) atoms. The van der Waals surface area contributed by atoms with Crippen LogP contribution in [0.4, 0.5) is 5.82 Å². The van der Waals surface area contributed by atoms with Crippen LogP contribution < -0.4 is 9.46 Å². The lowest BCUT2D eigenvalue weighted by Gasteiger charge is -2.09. The Bertz CT molecular complexity index is 722. The van der Waals surface area contributed by atoms with Crippen molar-refractivity contribution < 1.29 is 13.2 Å². The molecule has 100 valence electrons. The Morgan fingerprint density at radius 1 is 1.37 bits per heavy atom. The van der Waals surface area contributed by atoms with E-state index < -0.39 is 10.0 Å². The molecule has 1 aromatic heterocycles. The molecule has 1 aliphatic rings. The smallest absolute Gasteiger partial charge is 0.263 e. The van der Waals surface area contributed by atoms with Crippen molar-refractivity contribution in [3.8, 4) is 5.75 Å². The SMILES string of the molecule is Cn1nccc1NS(=O)(=O)c1ccc2c(c1)CCO2. The van der Waals surface area contributed by atoms with Crippen LogP contribution in [-0.2, 0) is 23.5 Å². The Labute approximate surface area is 111 Å². The van der Waals surface area contributed by atoms with E-state index >= 15 is 0 Å². The number of aryl methyl sites for hydroxylation is 1. The molecule has 0 spiro atoms. The molecular formula is C12H13N3O3S. The van der Waals surface area contributed by atoms with Gasteiger partial charge < -0.3 is 4.74 Å². The highest BCUT2D eigenvalue weighted by atomic mass is 32.2. The third-order valence-electron chi connectivity index (χ3n) is 3.03. The standard InChI is InChI=1S/C12H13N3O3S/c1-15-12(4-6-13-15)14-19(16,17)10-2-3-11-9(8-10)5-7-18-11/h2-4,6,8,14H,5,7H2,1H3. The molecule has 1 N–H and O–H groups in total.